The van der Waals surface area contributed by atoms with Crippen molar-refractivity contribution in [3.8, 4) is 11.3 Å². The van der Waals surface area contributed by atoms with Crippen molar-refractivity contribution in [2.45, 2.75) is 18.7 Å². The van der Waals surface area contributed by atoms with E-state index >= 15 is 0 Å². The molecule has 178 valence electrons. The van der Waals surface area contributed by atoms with Gasteiger partial charge in [-0.05, 0) is 43.5 Å². The molecule has 4 heterocycles. The molecule has 4 aromatic heterocycles. The predicted molar refractivity (Wildman–Crippen MR) is 134 cm³/mol. The molecule has 0 N–H and O–H groups in total. The quantitative estimate of drug-likeness (QED) is 0.324. The van der Waals surface area contributed by atoms with E-state index in [1.807, 2.05) is 17.5 Å². The van der Waals surface area contributed by atoms with Gasteiger partial charge in [0.15, 0.2) is 5.65 Å². The molecule has 0 aliphatic heterocycles. The number of thiophene rings is 1. The standard InChI is InChI=1S/C24H22N6O3S2/c1-15-23(16(2)28(3)27-15)35(32,33)29(4)18-8-5-7-17(13-18)20-10-11-25-24-19(14-26-30(20)24)22(31)21-9-6-12-34-21/h5-14H,1-4H3. The topological polar surface area (TPSA) is 102 Å². The van der Waals surface area contributed by atoms with E-state index in [2.05, 4.69) is 15.2 Å². The molecule has 0 atom stereocenters. The minimum Gasteiger partial charge on any atom is -0.287 e. The molecule has 1 aromatic carbocycles. The molecule has 0 saturated carbocycles. The summed E-state index contributed by atoms with van der Waals surface area (Å²) in [7, 11) is -0.592. The first-order chi connectivity index (χ1) is 16.7. The molecule has 0 aliphatic rings. The van der Waals surface area contributed by atoms with Crippen molar-refractivity contribution < 1.29 is 13.2 Å². The molecule has 0 radical (unpaired) electrons. The number of hydrogen-bond donors (Lipinski definition) is 0. The van der Waals surface area contributed by atoms with E-state index in [0.717, 1.165) is 5.56 Å². The number of carbonyl (C=O) groups is 1. The lowest BCUT2D eigenvalue weighted by Gasteiger charge is -2.20. The van der Waals surface area contributed by atoms with Crippen LogP contribution in [0, 0.1) is 13.8 Å². The first-order valence-electron chi connectivity index (χ1n) is 10.7. The van der Waals surface area contributed by atoms with Crippen LogP contribution < -0.4 is 4.31 Å². The van der Waals surface area contributed by atoms with E-state index in [1.54, 1.807) is 66.6 Å². The number of fused-ring (bicyclic) bond motifs is 1. The lowest BCUT2D eigenvalue weighted by Crippen LogP contribution is -2.27. The molecule has 9 nitrogen and oxygen atoms in total. The smallest absolute Gasteiger partial charge is 0.267 e. The van der Waals surface area contributed by atoms with Crippen molar-refractivity contribution in [3.63, 3.8) is 0 Å². The van der Waals surface area contributed by atoms with Crippen LogP contribution in [0.1, 0.15) is 26.6 Å². The Morgan fingerprint density at radius 1 is 1.11 bits per heavy atom. The van der Waals surface area contributed by atoms with Gasteiger partial charge in [0, 0.05) is 25.9 Å². The molecule has 0 spiro atoms. The Morgan fingerprint density at radius 2 is 1.91 bits per heavy atom. The number of hydrogen-bond acceptors (Lipinski definition) is 7. The number of aromatic nitrogens is 5. The maximum Gasteiger partial charge on any atom is 0.267 e. The van der Waals surface area contributed by atoms with Crippen molar-refractivity contribution in [1.29, 1.82) is 0 Å². The largest absolute Gasteiger partial charge is 0.287 e. The van der Waals surface area contributed by atoms with Crippen LogP contribution in [0.25, 0.3) is 16.9 Å². The van der Waals surface area contributed by atoms with Gasteiger partial charge in [-0.2, -0.15) is 10.2 Å². The summed E-state index contributed by atoms with van der Waals surface area (Å²) in [6.07, 6.45) is 3.13. The molecule has 35 heavy (non-hydrogen) atoms. The number of nitrogens with zero attached hydrogens (tertiary/aromatic N) is 6. The van der Waals surface area contributed by atoms with E-state index in [4.69, 9.17) is 0 Å². The van der Waals surface area contributed by atoms with Crippen molar-refractivity contribution in [2.75, 3.05) is 11.4 Å². The molecular formula is C24H22N6O3S2. The fourth-order valence-corrected chi connectivity index (χ4v) is 6.34. The van der Waals surface area contributed by atoms with E-state index < -0.39 is 10.0 Å². The highest BCUT2D eigenvalue weighted by atomic mass is 32.2. The van der Waals surface area contributed by atoms with Gasteiger partial charge in [-0.1, -0.05) is 18.2 Å². The number of rotatable bonds is 6. The predicted octanol–water partition coefficient (Wildman–Crippen LogP) is 3.86. The van der Waals surface area contributed by atoms with Gasteiger partial charge in [-0.25, -0.2) is 17.9 Å². The zero-order valence-electron chi connectivity index (χ0n) is 19.5. The van der Waals surface area contributed by atoms with Crippen molar-refractivity contribution >= 4 is 38.5 Å². The first-order valence-corrected chi connectivity index (χ1v) is 13.0. The maximum absolute atomic E-state index is 13.4. The summed E-state index contributed by atoms with van der Waals surface area (Å²) in [5, 5.41) is 10.5. The highest BCUT2D eigenvalue weighted by Gasteiger charge is 2.29. The number of benzene rings is 1. The monoisotopic (exact) mass is 506 g/mol. The van der Waals surface area contributed by atoms with Gasteiger partial charge in [0.05, 0.1) is 39.4 Å². The summed E-state index contributed by atoms with van der Waals surface area (Å²) in [5.74, 6) is -0.138. The van der Waals surface area contributed by atoms with E-state index in [0.29, 0.717) is 38.9 Å². The Labute approximate surface area is 206 Å². The SMILES string of the molecule is Cc1nn(C)c(C)c1S(=O)(=O)N(C)c1cccc(-c2ccnc3c(C(=O)c4cccs4)cnn23)c1. The molecule has 0 fully saturated rings. The van der Waals surface area contributed by atoms with Crippen LogP contribution in [0.5, 0.6) is 0 Å². The number of anilines is 1. The van der Waals surface area contributed by atoms with Crippen LogP contribution in [0.15, 0.2) is 65.1 Å². The Morgan fingerprint density at radius 3 is 2.60 bits per heavy atom. The van der Waals surface area contributed by atoms with Crippen molar-refractivity contribution in [2.24, 2.45) is 7.05 Å². The van der Waals surface area contributed by atoms with Gasteiger partial charge in [0.1, 0.15) is 4.90 Å². The Balaban J connectivity index is 1.56. The molecule has 0 amide bonds. The molecule has 0 unspecified atom stereocenters. The summed E-state index contributed by atoms with van der Waals surface area (Å²) < 4.78 is 31.3. The van der Waals surface area contributed by atoms with Gasteiger partial charge >= 0.3 is 0 Å². The number of aryl methyl sites for hydroxylation is 2. The van der Waals surface area contributed by atoms with Crippen LogP contribution >= 0.6 is 11.3 Å². The van der Waals surface area contributed by atoms with Crippen LogP contribution in [0.2, 0.25) is 0 Å². The van der Waals surface area contributed by atoms with Crippen molar-refractivity contribution in [3.05, 3.63) is 82.1 Å². The molecular weight excluding hydrogens is 484 g/mol. The first kappa shape index (κ1) is 22.9. The summed E-state index contributed by atoms with van der Waals surface area (Å²) in [6.45, 7) is 3.42. The molecule has 0 bridgehead atoms. The third-order valence-corrected chi connectivity index (χ3v) is 8.86. The van der Waals surface area contributed by atoms with Crippen LogP contribution in [-0.2, 0) is 17.1 Å². The summed E-state index contributed by atoms with van der Waals surface area (Å²) in [4.78, 5) is 18.1. The fourth-order valence-electron chi connectivity index (χ4n) is 4.08. The molecule has 5 aromatic rings. The van der Waals surface area contributed by atoms with Crippen LogP contribution in [0.4, 0.5) is 5.69 Å². The Hall–Kier alpha value is -3.83. The van der Waals surface area contributed by atoms with Gasteiger partial charge < -0.3 is 0 Å². The molecule has 5 rings (SSSR count). The minimum absolute atomic E-state index is 0.138. The second-order valence-corrected chi connectivity index (χ2v) is 10.9. The average Bonchev–Trinajstić information content (AvgIpc) is 3.58. The third kappa shape index (κ3) is 3.72. The second kappa shape index (κ2) is 8.43. The van der Waals surface area contributed by atoms with E-state index in [-0.39, 0.29) is 10.7 Å². The summed E-state index contributed by atoms with van der Waals surface area (Å²) in [6, 6.07) is 12.5. The maximum atomic E-state index is 13.4. The molecule has 11 heteroatoms. The molecule has 0 aliphatic carbocycles. The van der Waals surface area contributed by atoms with E-state index in [1.165, 1.54) is 28.9 Å². The Bertz CT molecular complexity index is 1680. The van der Waals surface area contributed by atoms with E-state index in [9.17, 15) is 13.2 Å². The second-order valence-electron chi connectivity index (χ2n) is 8.08. The lowest BCUT2D eigenvalue weighted by atomic mass is 10.1. The zero-order valence-corrected chi connectivity index (χ0v) is 21.1. The number of carbonyl (C=O) groups excluding carboxylic acids is 1. The zero-order chi connectivity index (χ0) is 24.9. The molecule has 0 saturated heterocycles. The normalized spacial score (nSPS) is 11.8. The Kier molecular flexibility index (Phi) is 5.53. The summed E-state index contributed by atoms with van der Waals surface area (Å²) in [5.41, 5.74) is 3.76. The average molecular weight is 507 g/mol. The van der Waals surface area contributed by atoms with Gasteiger partial charge in [-0.15, -0.1) is 11.3 Å². The van der Waals surface area contributed by atoms with Gasteiger partial charge in [0.25, 0.3) is 10.0 Å². The third-order valence-electron chi connectivity index (χ3n) is 5.96. The number of sulfonamides is 1. The van der Waals surface area contributed by atoms with Crippen molar-refractivity contribution in [1.82, 2.24) is 24.4 Å². The van der Waals surface area contributed by atoms with Gasteiger partial charge in [-0.3, -0.25) is 13.8 Å². The van der Waals surface area contributed by atoms with Crippen LogP contribution in [0.3, 0.4) is 0 Å². The lowest BCUT2D eigenvalue weighted by molar-refractivity contribution is 0.104. The van der Waals surface area contributed by atoms with Gasteiger partial charge in [0.2, 0.25) is 5.78 Å². The fraction of sp³-hybridized carbons (Fsp3) is 0.167. The highest BCUT2D eigenvalue weighted by molar-refractivity contribution is 7.92. The minimum atomic E-state index is -3.83. The van der Waals surface area contributed by atoms with Crippen LogP contribution in [-0.4, -0.2) is 45.6 Å². The highest BCUT2D eigenvalue weighted by Crippen LogP contribution is 2.30. The number of ketones is 1. The summed E-state index contributed by atoms with van der Waals surface area (Å²) >= 11 is 1.36.